The maximum atomic E-state index is 6.05. The molecule has 0 saturated heterocycles. The first-order valence-electron chi connectivity index (χ1n) is 6.05. The van der Waals surface area contributed by atoms with E-state index >= 15 is 0 Å². The number of rotatable bonds is 4. The summed E-state index contributed by atoms with van der Waals surface area (Å²) < 4.78 is 2.00. The van der Waals surface area contributed by atoms with E-state index in [-0.39, 0.29) is 0 Å². The molecule has 2 rings (SSSR count). The highest BCUT2D eigenvalue weighted by Crippen LogP contribution is 2.47. The van der Waals surface area contributed by atoms with Crippen LogP contribution in [0.1, 0.15) is 39.3 Å². The Labute approximate surface area is 97.2 Å². The van der Waals surface area contributed by atoms with Gasteiger partial charge in [0.05, 0.1) is 11.4 Å². The molecule has 0 spiro atoms. The Morgan fingerprint density at radius 2 is 2.19 bits per heavy atom. The van der Waals surface area contributed by atoms with E-state index in [4.69, 9.17) is 5.73 Å². The molecular formula is C12H22N4. The minimum absolute atomic E-state index is 0.404. The predicted octanol–water partition coefficient (Wildman–Crippen LogP) is 2.39. The average Bonchev–Trinajstić information content (AvgIpc) is 2.71. The van der Waals surface area contributed by atoms with Crippen molar-refractivity contribution in [2.75, 3.05) is 11.1 Å². The molecule has 90 valence electrons. The summed E-state index contributed by atoms with van der Waals surface area (Å²) in [6, 6.07) is 0.543. The summed E-state index contributed by atoms with van der Waals surface area (Å²) in [4.78, 5) is 0. The van der Waals surface area contributed by atoms with Crippen molar-refractivity contribution in [2.24, 2.45) is 5.41 Å². The van der Waals surface area contributed by atoms with Crippen LogP contribution >= 0.6 is 0 Å². The number of nitrogens with two attached hydrogens (primary N) is 1. The Balaban J connectivity index is 2.18. The summed E-state index contributed by atoms with van der Waals surface area (Å²) in [5.74, 6) is 1.01. The zero-order valence-corrected chi connectivity index (χ0v) is 10.7. The number of nitrogens with zero attached hydrogens (tertiary/aromatic N) is 2. The Kier molecular flexibility index (Phi) is 2.60. The van der Waals surface area contributed by atoms with Crippen molar-refractivity contribution in [2.45, 2.75) is 53.1 Å². The van der Waals surface area contributed by atoms with Gasteiger partial charge in [0, 0.05) is 12.6 Å². The lowest BCUT2D eigenvalue weighted by Gasteiger charge is -2.11. The summed E-state index contributed by atoms with van der Waals surface area (Å²) in [7, 11) is 0. The second kappa shape index (κ2) is 3.68. The molecule has 1 saturated carbocycles. The summed E-state index contributed by atoms with van der Waals surface area (Å²) in [5, 5.41) is 7.98. The van der Waals surface area contributed by atoms with Crippen LogP contribution in [0.5, 0.6) is 0 Å². The topological polar surface area (TPSA) is 55.9 Å². The molecule has 0 aromatic carbocycles. The van der Waals surface area contributed by atoms with E-state index in [0.29, 0.717) is 11.5 Å². The van der Waals surface area contributed by atoms with Crippen molar-refractivity contribution < 1.29 is 0 Å². The SMILES string of the molecule is CCCn1nc(C)c(N)c1NC1CC1(C)C. The molecule has 1 aromatic rings. The predicted molar refractivity (Wildman–Crippen MR) is 67.5 cm³/mol. The molecule has 1 heterocycles. The van der Waals surface area contributed by atoms with Crippen LogP contribution in [0.2, 0.25) is 0 Å². The number of aromatic nitrogens is 2. The van der Waals surface area contributed by atoms with Crippen LogP contribution in [-0.2, 0) is 6.54 Å². The van der Waals surface area contributed by atoms with E-state index in [1.807, 2.05) is 11.6 Å². The lowest BCUT2D eigenvalue weighted by molar-refractivity contribution is 0.592. The Bertz CT molecular complexity index is 392. The maximum Gasteiger partial charge on any atom is 0.148 e. The van der Waals surface area contributed by atoms with Gasteiger partial charge in [-0.05, 0) is 25.2 Å². The molecule has 0 aliphatic heterocycles. The fourth-order valence-corrected chi connectivity index (χ4v) is 2.00. The van der Waals surface area contributed by atoms with E-state index in [9.17, 15) is 0 Å². The zero-order chi connectivity index (χ0) is 11.9. The molecule has 0 amide bonds. The zero-order valence-electron chi connectivity index (χ0n) is 10.7. The van der Waals surface area contributed by atoms with Gasteiger partial charge < -0.3 is 11.1 Å². The summed E-state index contributed by atoms with van der Waals surface area (Å²) in [6.07, 6.45) is 2.28. The molecule has 1 atom stereocenters. The van der Waals surface area contributed by atoms with Crippen LogP contribution in [0, 0.1) is 12.3 Å². The van der Waals surface area contributed by atoms with Crippen LogP contribution < -0.4 is 11.1 Å². The number of hydrogen-bond acceptors (Lipinski definition) is 3. The molecular weight excluding hydrogens is 200 g/mol. The maximum absolute atomic E-state index is 6.05. The van der Waals surface area contributed by atoms with Gasteiger partial charge >= 0.3 is 0 Å². The minimum atomic E-state index is 0.404. The van der Waals surface area contributed by atoms with Crippen molar-refractivity contribution in [3.8, 4) is 0 Å². The third-order valence-corrected chi connectivity index (χ3v) is 3.43. The van der Waals surface area contributed by atoms with Gasteiger partial charge in [0.2, 0.25) is 0 Å². The molecule has 1 unspecified atom stereocenters. The van der Waals surface area contributed by atoms with Gasteiger partial charge in [-0.25, -0.2) is 4.68 Å². The van der Waals surface area contributed by atoms with Crippen LogP contribution in [-0.4, -0.2) is 15.8 Å². The summed E-state index contributed by atoms with van der Waals surface area (Å²) in [5.41, 5.74) is 8.18. The van der Waals surface area contributed by atoms with E-state index in [0.717, 1.165) is 30.2 Å². The Morgan fingerprint density at radius 3 is 2.69 bits per heavy atom. The third kappa shape index (κ3) is 1.88. The third-order valence-electron chi connectivity index (χ3n) is 3.43. The number of nitrogens with one attached hydrogen (secondary N) is 1. The number of nitrogen functional groups attached to an aromatic ring is 1. The van der Waals surface area contributed by atoms with Gasteiger partial charge in [0.15, 0.2) is 0 Å². The summed E-state index contributed by atoms with van der Waals surface area (Å²) >= 11 is 0. The molecule has 4 nitrogen and oxygen atoms in total. The highest BCUT2D eigenvalue weighted by Gasteiger charge is 2.46. The van der Waals surface area contributed by atoms with Crippen LogP contribution in [0.3, 0.4) is 0 Å². The fraction of sp³-hybridized carbons (Fsp3) is 0.750. The Hall–Kier alpha value is -1.19. The van der Waals surface area contributed by atoms with Crippen molar-refractivity contribution >= 4 is 11.5 Å². The minimum Gasteiger partial charge on any atom is -0.394 e. The van der Waals surface area contributed by atoms with Crippen molar-refractivity contribution in [3.05, 3.63) is 5.69 Å². The van der Waals surface area contributed by atoms with Crippen molar-refractivity contribution in [1.82, 2.24) is 9.78 Å². The van der Waals surface area contributed by atoms with Gasteiger partial charge in [-0.2, -0.15) is 5.10 Å². The second-order valence-electron chi connectivity index (χ2n) is 5.46. The van der Waals surface area contributed by atoms with E-state index < -0.39 is 0 Å². The monoisotopic (exact) mass is 222 g/mol. The first-order chi connectivity index (χ1) is 7.45. The van der Waals surface area contributed by atoms with Gasteiger partial charge in [0.25, 0.3) is 0 Å². The average molecular weight is 222 g/mol. The normalized spacial score (nSPS) is 22.1. The van der Waals surface area contributed by atoms with Gasteiger partial charge in [-0.3, -0.25) is 0 Å². The Morgan fingerprint density at radius 1 is 1.56 bits per heavy atom. The largest absolute Gasteiger partial charge is 0.394 e. The standard InChI is InChI=1S/C12H22N4/c1-5-6-16-11(10(13)8(2)15-16)14-9-7-12(9,3)4/h9,14H,5-7,13H2,1-4H3. The number of aryl methyl sites for hydroxylation is 2. The molecule has 1 aliphatic carbocycles. The molecule has 1 aromatic heterocycles. The van der Waals surface area contributed by atoms with Gasteiger partial charge in [0.1, 0.15) is 5.82 Å². The molecule has 16 heavy (non-hydrogen) atoms. The number of hydrogen-bond donors (Lipinski definition) is 2. The van der Waals surface area contributed by atoms with E-state index in [1.54, 1.807) is 0 Å². The molecule has 4 heteroatoms. The quantitative estimate of drug-likeness (QED) is 0.822. The van der Waals surface area contributed by atoms with Gasteiger partial charge in [-0.15, -0.1) is 0 Å². The van der Waals surface area contributed by atoms with Crippen molar-refractivity contribution in [1.29, 1.82) is 0 Å². The van der Waals surface area contributed by atoms with Crippen LogP contribution in [0.4, 0.5) is 11.5 Å². The highest BCUT2D eigenvalue weighted by atomic mass is 15.3. The van der Waals surface area contributed by atoms with E-state index in [2.05, 4.69) is 31.2 Å². The van der Waals surface area contributed by atoms with Gasteiger partial charge in [-0.1, -0.05) is 20.8 Å². The summed E-state index contributed by atoms with van der Waals surface area (Å²) in [6.45, 7) is 9.58. The molecule has 0 bridgehead atoms. The first-order valence-corrected chi connectivity index (χ1v) is 6.05. The smallest absolute Gasteiger partial charge is 0.148 e. The first kappa shape index (κ1) is 11.3. The van der Waals surface area contributed by atoms with Crippen LogP contribution in [0.25, 0.3) is 0 Å². The van der Waals surface area contributed by atoms with E-state index in [1.165, 1.54) is 6.42 Å². The fourth-order valence-electron chi connectivity index (χ4n) is 2.00. The second-order valence-corrected chi connectivity index (χ2v) is 5.46. The molecule has 0 radical (unpaired) electrons. The van der Waals surface area contributed by atoms with Crippen LogP contribution in [0.15, 0.2) is 0 Å². The highest BCUT2D eigenvalue weighted by molar-refractivity contribution is 5.65. The lowest BCUT2D eigenvalue weighted by Crippen LogP contribution is -2.14. The molecule has 1 fully saturated rings. The lowest BCUT2D eigenvalue weighted by atomic mass is 10.2. The molecule has 1 aliphatic rings. The van der Waals surface area contributed by atoms with Crippen molar-refractivity contribution in [3.63, 3.8) is 0 Å². The molecule has 3 N–H and O–H groups in total. The number of anilines is 2.